The molecule has 212 valence electrons. The summed E-state index contributed by atoms with van der Waals surface area (Å²) >= 11 is 0. The number of Topliss-reactive ketones (excluding diaryl/α,β-unsaturated/α-hetero) is 1. The Hall–Kier alpha value is -1.91. The average Bonchev–Trinajstić information content (AvgIpc) is 3.00. The zero-order valence-corrected chi connectivity index (χ0v) is 25.2. The van der Waals surface area contributed by atoms with Crippen LogP contribution in [0.1, 0.15) is 114 Å². The van der Waals surface area contributed by atoms with Crippen molar-refractivity contribution in [2.75, 3.05) is 0 Å². The minimum Gasteiger partial charge on any atom is -0.481 e. The molecule has 0 saturated heterocycles. The molecule has 38 heavy (non-hydrogen) atoms. The van der Waals surface area contributed by atoms with E-state index in [-0.39, 0.29) is 45.4 Å². The summed E-state index contributed by atoms with van der Waals surface area (Å²) in [5, 5.41) is 10.3. The first-order valence-corrected chi connectivity index (χ1v) is 14.8. The highest BCUT2D eigenvalue weighted by molar-refractivity contribution is 5.91. The SMILES string of the molecule is CC(=O)OC1CCC2(C)C3=C(CCC2C1(C)C)[C@]1(C)CC(=O)C([C@@H](CCC=C(C)C)C(=O)O)C1(C)C(C)C3. The molecule has 4 aliphatic carbocycles. The molecule has 0 aromatic carbocycles. The van der Waals surface area contributed by atoms with Crippen molar-refractivity contribution in [1.29, 1.82) is 0 Å². The van der Waals surface area contributed by atoms with Gasteiger partial charge in [-0.25, -0.2) is 0 Å². The summed E-state index contributed by atoms with van der Waals surface area (Å²) in [6.45, 7) is 19.3. The van der Waals surface area contributed by atoms with Gasteiger partial charge in [0.1, 0.15) is 11.9 Å². The van der Waals surface area contributed by atoms with Gasteiger partial charge in [-0.2, -0.15) is 0 Å². The minimum absolute atomic E-state index is 0.00309. The van der Waals surface area contributed by atoms with Crippen LogP contribution in [-0.2, 0) is 19.1 Å². The van der Waals surface area contributed by atoms with E-state index in [0.29, 0.717) is 25.2 Å². The normalized spacial score (nSPS) is 40.5. The standard InChI is InChI=1S/C33H50O5/c1-19(2)11-10-12-22(29(36)37)28-25(35)18-32(8)23-13-14-26-30(5,6)27(38-21(4)34)15-16-31(26,7)24(23)17-20(3)33(28,32)9/h11,20,22,26-28H,10,12-18H2,1-9H3,(H,36,37)/t20?,22-,26?,27?,28?,31?,32+,33?/m1/s1. The van der Waals surface area contributed by atoms with Crippen molar-refractivity contribution in [3.05, 3.63) is 22.8 Å². The quantitative estimate of drug-likeness (QED) is 0.286. The zero-order chi connectivity index (χ0) is 28.4. The number of rotatable bonds is 6. The molecule has 0 amide bonds. The molecule has 2 saturated carbocycles. The van der Waals surface area contributed by atoms with Crippen LogP contribution in [0.3, 0.4) is 0 Å². The van der Waals surface area contributed by atoms with Crippen molar-refractivity contribution < 1.29 is 24.2 Å². The van der Waals surface area contributed by atoms with Crippen LogP contribution in [0.25, 0.3) is 0 Å². The van der Waals surface area contributed by atoms with Crippen LogP contribution >= 0.6 is 0 Å². The summed E-state index contributed by atoms with van der Waals surface area (Å²) in [5.74, 6) is -1.39. The number of ether oxygens (including phenoxy) is 1. The third-order valence-corrected chi connectivity index (χ3v) is 12.1. The molecule has 0 bridgehead atoms. The number of ketones is 1. The number of esters is 1. The Kier molecular flexibility index (Phi) is 7.37. The molecule has 2 fully saturated rings. The van der Waals surface area contributed by atoms with Gasteiger partial charge in [-0.15, -0.1) is 0 Å². The Balaban J connectivity index is 1.76. The van der Waals surface area contributed by atoms with Gasteiger partial charge in [0.05, 0.1) is 5.92 Å². The maximum absolute atomic E-state index is 13.9. The maximum Gasteiger partial charge on any atom is 0.307 e. The molecule has 4 rings (SSSR count). The topological polar surface area (TPSA) is 80.7 Å². The highest BCUT2D eigenvalue weighted by Gasteiger charge is 2.69. The molecule has 6 unspecified atom stereocenters. The second kappa shape index (κ2) is 9.63. The fourth-order valence-corrected chi connectivity index (χ4v) is 9.99. The van der Waals surface area contributed by atoms with Crippen LogP contribution in [-0.4, -0.2) is 28.9 Å². The van der Waals surface area contributed by atoms with Gasteiger partial charge in [-0.1, -0.05) is 64.3 Å². The van der Waals surface area contributed by atoms with Crippen LogP contribution in [0.4, 0.5) is 0 Å². The van der Waals surface area contributed by atoms with Crippen LogP contribution in [0.2, 0.25) is 0 Å². The third kappa shape index (κ3) is 4.13. The van der Waals surface area contributed by atoms with Crippen molar-refractivity contribution in [3.8, 4) is 0 Å². The van der Waals surface area contributed by atoms with Gasteiger partial charge in [0.2, 0.25) is 0 Å². The van der Waals surface area contributed by atoms with E-state index < -0.39 is 17.8 Å². The third-order valence-electron chi connectivity index (χ3n) is 12.1. The predicted molar refractivity (Wildman–Crippen MR) is 149 cm³/mol. The van der Waals surface area contributed by atoms with E-state index in [1.807, 2.05) is 13.8 Å². The molecule has 0 heterocycles. The molecule has 1 N–H and O–H groups in total. The summed E-state index contributed by atoms with van der Waals surface area (Å²) in [7, 11) is 0. The Morgan fingerprint density at radius 1 is 1.08 bits per heavy atom. The van der Waals surface area contributed by atoms with Gasteiger partial charge >= 0.3 is 11.9 Å². The average molecular weight is 527 g/mol. The number of hydrogen-bond acceptors (Lipinski definition) is 4. The minimum atomic E-state index is -0.829. The van der Waals surface area contributed by atoms with E-state index in [9.17, 15) is 19.5 Å². The summed E-state index contributed by atoms with van der Waals surface area (Å²) in [4.78, 5) is 38.4. The largest absolute Gasteiger partial charge is 0.481 e. The predicted octanol–water partition coefficient (Wildman–Crippen LogP) is 7.54. The van der Waals surface area contributed by atoms with Gasteiger partial charge in [0, 0.05) is 30.1 Å². The lowest BCUT2D eigenvalue weighted by Crippen LogP contribution is -2.57. The van der Waals surface area contributed by atoms with E-state index in [2.05, 4.69) is 47.6 Å². The summed E-state index contributed by atoms with van der Waals surface area (Å²) in [6, 6.07) is 0. The number of fused-ring (bicyclic) bond motifs is 4. The first-order chi connectivity index (χ1) is 17.5. The number of carbonyl (C=O) groups is 3. The van der Waals surface area contributed by atoms with Crippen molar-refractivity contribution >= 4 is 17.7 Å². The molecular weight excluding hydrogens is 476 g/mol. The van der Waals surface area contributed by atoms with E-state index in [1.165, 1.54) is 23.6 Å². The van der Waals surface area contributed by atoms with Crippen LogP contribution in [0.5, 0.6) is 0 Å². The van der Waals surface area contributed by atoms with Gasteiger partial charge in [0.15, 0.2) is 0 Å². The number of carbonyl (C=O) groups excluding carboxylic acids is 2. The van der Waals surface area contributed by atoms with Gasteiger partial charge in [-0.05, 0) is 81.5 Å². The monoisotopic (exact) mass is 526 g/mol. The second-order valence-electron chi connectivity index (χ2n) is 14.6. The fourth-order valence-electron chi connectivity index (χ4n) is 9.99. The smallest absolute Gasteiger partial charge is 0.307 e. The molecule has 5 heteroatoms. The lowest BCUT2D eigenvalue weighted by Gasteiger charge is -2.63. The lowest BCUT2D eigenvalue weighted by atomic mass is 9.41. The van der Waals surface area contributed by atoms with Crippen molar-refractivity contribution in [3.63, 3.8) is 0 Å². The van der Waals surface area contributed by atoms with Gasteiger partial charge in [-0.3, -0.25) is 14.4 Å². The van der Waals surface area contributed by atoms with E-state index in [1.54, 1.807) is 0 Å². The molecule has 0 aromatic heterocycles. The molecule has 0 spiro atoms. The fraction of sp³-hybridized carbons (Fsp3) is 0.788. The highest BCUT2D eigenvalue weighted by atomic mass is 16.5. The molecule has 0 aliphatic heterocycles. The van der Waals surface area contributed by atoms with E-state index in [4.69, 9.17) is 4.74 Å². The molecule has 0 aromatic rings. The zero-order valence-electron chi connectivity index (χ0n) is 25.2. The first kappa shape index (κ1) is 29.1. The molecule has 4 aliphatic rings. The number of aliphatic carboxylic acids is 1. The van der Waals surface area contributed by atoms with E-state index in [0.717, 1.165) is 32.1 Å². The van der Waals surface area contributed by atoms with Crippen LogP contribution < -0.4 is 0 Å². The summed E-state index contributed by atoms with van der Waals surface area (Å²) < 4.78 is 5.83. The van der Waals surface area contributed by atoms with E-state index >= 15 is 0 Å². The van der Waals surface area contributed by atoms with Crippen LogP contribution in [0, 0.1) is 45.3 Å². The Morgan fingerprint density at radius 2 is 1.74 bits per heavy atom. The van der Waals surface area contributed by atoms with Gasteiger partial charge in [0.25, 0.3) is 0 Å². The summed E-state index contributed by atoms with van der Waals surface area (Å²) in [5.41, 5.74) is 3.32. The van der Waals surface area contributed by atoms with Crippen molar-refractivity contribution in [2.24, 2.45) is 45.3 Å². The van der Waals surface area contributed by atoms with Crippen LogP contribution in [0.15, 0.2) is 22.8 Å². The molecular formula is C33H50O5. The molecule has 8 atom stereocenters. The Morgan fingerprint density at radius 3 is 2.32 bits per heavy atom. The Labute approximate surface area is 229 Å². The number of allylic oxidation sites excluding steroid dienone is 4. The van der Waals surface area contributed by atoms with Crippen molar-refractivity contribution in [2.45, 2.75) is 120 Å². The second-order valence-corrected chi connectivity index (χ2v) is 14.6. The molecule has 5 nitrogen and oxygen atoms in total. The number of carboxylic acids is 1. The summed E-state index contributed by atoms with van der Waals surface area (Å²) in [6.07, 6.45) is 8.39. The lowest BCUT2D eigenvalue weighted by molar-refractivity contribution is -0.167. The Bertz CT molecular complexity index is 1080. The maximum atomic E-state index is 13.9. The highest BCUT2D eigenvalue weighted by Crippen LogP contribution is 2.73. The molecule has 0 radical (unpaired) electrons. The first-order valence-electron chi connectivity index (χ1n) is 14.8. The number of hydrogen-bond donors (Lipinski definition) is 1. The van der Waals surface area contributed by atoms with Gasteiger partial charge < -0.3 is 9.84 Å². The van der Waals surface area contributed by atoms with Crippen molar-refractivity contribution in [1.82, 2.24) is 0 Å². The number of carboxylic acid groups (broad SMARTS) is 1.